The van der Waals surface area contributed by atoms with Crippen molar-refractivity contribution in [1.29, 1.82) is 0 Å². The van der Waals surface area contributed by atoms with E-state index in [0.717, 1.165) is 19.5 Å². The second-order valence-corrected chi connectivity index (χ2v) is 9.97. The zero-order chi connectivity index (χ0) is 27.5. The Morgan fingerprint density at radius 3 is 2.74 bits per heavy atom. The molecule has 2 fully saturated rings. The normalized spacial score (nSPS) is 16.7. The van der Waals surface area contributed by atoms with Crippen LogP contribution in [-0.4, -0.2) is 112 Å². The van der Waals surface area contributed by atoms with E-state index in [2.05, 4.69) is 51.3 Å². The SMILES string of the molecule is COc1cc(N2CCCN(C)CC2)c(Nc2ncnc(Br)c2O)c(F)c1-n1cc(C(=O)N2CCOCC2)nn1. The number of aromatic hydroxyl groups is 1. The van der Waals surface area contributed by atoms with Crippen LogP contribution in [0.25, 0.3) is 5.69 Å². The number of carbonyl (C=O) groups excluding carboxylic acids is 1. The molecule has 13 nitrogen and oxygen atoms in total. The fourth-order valence-electron chi connectivity index (χ4n) is 4.60. The van der Waals surface area contributed by atoms with Crippen LogP contribution in [0, 0.1) is 5.82 Å². The van der Waals surface area contributed by atoms with Gasteiger partial charge in [-0.2, -0.15) is 0 Å². The minimum atomic E-state index is -0.716. The molecule has 2 aromatic heterocycles. The van der Waals surface area contributed by atoms with Gasteiger partial charge in [0.1, 0.15) is 23.5 Å². The van der Waals surface area contributed by atoms with Crippen LogP contribution in [0.3, 0.4) is 0 Å². The fourth-order valence-corrected chi connectivity index (χ4v) is 4.87. The van der Waals surface area contributed by atoms with Crippen molar-refractivity contribution in [2.75, 3.05) is 76.9 Å². The first-order valence-corrected chi connectivity index (χ1v) is 13.3. The summed E-state index contributed by atoms with van der Waals surface area (Å²) in [4.78, 5) is 26.8. The molecule has 0 atom stereocenters. The smallest absolute Gasteiger partial charge is 0.276 e. The number of likely N-dealkylation sites (N-methyl/N-ethyl adjacent to an activating group) is 1. The van der Waals surface area contributed by atoms with Gasteiger partial charge in [0.05, 0.1) is 32.2 Å². The molecule has 5 rings (SSSR count). The number of hydrogen-bond donors (Lipinski definition) is 2. The quantitative estimate of drug-likeness (QED) is 0.400. The number of aromatic nitrogens is 5. The summed E-state index contributed by atoms with van der Waals surface area (Å²) < 4.78 is 28.8. The first kappa shape index (κ1) is 27.0. The number of nitrogens with one attached hydrogen (secondary N) is 1. The summed E-state index contributed by atoms with van der Waals surface area (Å²) in [7, 11) is 3.49. The summed E-state index contributed by atoms with van der Waals surface area (Å²) in [6.07, 6.45) is 3.50. The van der Waals surface area contributed by atoms with Crippen LogP contribution in [-0.2, 0) is 4.74 Å². The number of amides is 1. The van der Waals surface area contributed by atoms with Gasteiger partial charge in [0.2, 0.25) is 0 Å². The molecule has 1 amide bonds. The third-order valence-electron chi connectivity index (χ3n) is 6.73. The summed E-state index contributed by atoms with van der Waals surface area (Å²) in [5.41, 5.74) is 0.622. The van der Waals surface area contributed by atoms with Crippen molar-refractivity contribution in [2.24, 2.45) is 0 Å². The van der Waals surface area contributed by atoms with Crippen molar-refractivity contribution in [3.63, 3.8) is 0 Å². The van der Waals surface area contributed by atoms with E-state index in [1.165, 1.54) is 24.3 Å². The Balaban J connectivity index is 1.59. The van der Waals surface area contributed by atoms with Crippen molar-refractivity contribution >= 4 is 39.0 Å². The van der Waals surface area contributed by atoms with Crippen molar-refractivity contribution in [1.82, 2.24) is 34.8 Å². The van der Waals surface area contributed by atoms with Crippen LogP contribution in [0.1, 0.15) is 16.9 Å². The summed E-state index contributed by atoms with van der Waals surface area (Å²) in [6, 6.07) is 1.71. The number of nitrogens with zero attached hydrogens (tertiary/aromatic N) is 8. The number of ether oxygens (including phenoxy) is 2. The second-order valence-electron chi connectivity index (χ2n) is 9.22. The molecule has 3 aromatic rings. The summed E-state index contributed by atoms with van der Waals surface area (Å²) in [6.45, 7) is 4.79. The Labute approximate surface area is 232 Å². The number of hydrogen-bond acceptors (Lipinski definition) is 11. The predicted molar refractivity (Wildman–Crippen MR) is 144 cm³/mol. The maximum absolute atomic E-state index is 16.6. The van der Waals surface area contributed by atoms with Gasteiger partial charge in [-0.3, -0.25) is 4.79 Å². The van der Waals surface area contributed by atoms with Gasteiger partial charge in [-0.15, -0.1) is 5.10 Å². The number of morpholine rings is 1. The average Bonchev–Trinajstić information content (AvgIpc) is 3.33. The third-order valence-corrected chi connectivity index (χ3v) is 7.31. The second kappa shape index (κ2) is 11.7. The van der Waals surface area contributed by atoms with Gasteiger partial charge in [-0.1, -0.05) is 5.21 Å². The number of carbonyl (C=O) groups is 1. The van der Waals surface area contributed by atoms with Crippen molar-refractivity contribution < 1.29 is 23.8 Å². The number of rotatable bonds is 6. The van der Waals surface area contributed by atoms with E-state index in [4.69, 9.17) is 9.47 Å². The minimum absolute atomic E-state index is 0.0156. The van der Waals surface area contributed by atoms with Crippen LogP contribution >= 0.6 is 15.9 Å². The van der Waals surface area contributed by atoms with Crippen LogP contribution < -0.4 is 15.0 Å². The molecule has 39 heavy (non-hydrogen) atoms. The molecule has 4 heterocycles. The molecule has 2 N–H and O–H groups in total. The lowest BCUT2D eigenvalue weighted by molar-refractivity contribution is 0.0299. The van der Waals surface area contributed by atoms with Gasteiger partial charge in [0.15, 0.2) is 27.7 Å². The zero-order valence-corrected chi connectivity index (χ0v) is 23.2. The Bertz CT molecular complexity index is 1350. The van der Waals surface area contributed by atoms with Gasteiger partial charge in [-0.05, 0) is 35.9 Å². The van der Waals surface area contributed by atoms with E-state index in [-0.39, 0.29) is 44.9 Å². The molecule has 0 spiro atoms. The Hall–Kier alpha value is -3.56. The summed E-state index contributed by atoms with van der Waals surface area (Å²) in [5, 5.41) is 21.5. The molecule has 2 aliphatic heterocycles. The molecule has 2 saturated heterocycles. The third kappa shape index (κ3) is 5.60. The van der Waals surface area contributed by atoms with Gasteiger partial charge < -0.3 is 34.6 Å². The molecule has 0 radical (unpaired) electrons. The Morgan fingerprint density at radius 2 is 1.97 bits per heavy atom. The van der Waals surface area contributed by atoms with Crippen LogP contribution in [0.4, 0.5) is 21.6 Å². The highest BCUT2D eigenvalue weighted by Gasteiger charge is 2.28. The van der Waals surface area contributed by atoms with Gasteiger partial charge in [-0.25, -0.2) is 19.0 Å². The maximum atomic E-state index is 16.6. The Kier molecular flexibility index (Phi) is 8.09. The number of anilines is 3. The van der Waals surface area contributed by atoms with Gasteiger partial charge in [0, 0.05) is 38.8 Å². The Morgan fingerprint density at radius 1 is 1.18 bits per heavy atom. The fraction of sp³-hybridized carbons (Fsp3) is 0.458. The molecule has 208 valence electrons. The molecular weight excluding hydrogens is 577 g/mol. The number of methoxy groups -OCH3 is 1. The van der Waals surface area contributed by atoms with Crippen LogP contribution in [0.15, 0.2) is 23.2 Å². The van der Waals surface area contributed by atoms with Gasteiger partial charge >= 0.3 is 0 Å². The van der Waals surface area contributed by atoms with Crippen molar-refractivity contribution in [2.45, 2.75) is 6.42 Å². The molecular formula is C24H29BrFN9O4. The molecule has 0 aliphatic carbocycles. The molecule has 1 aromatic carbocycles. The minimum Gasteiger partial charge on any atom is -0.502 e. The molecule has 2 aliphatic rings. The zero-order valence-electron chi connectivity index (χ0n) is 21.6. The monoisotopic (exact) mass is 605 g/mol. The van der Waals surface area contributed by atoms with Crippen LogP contribution in [0.2, 0.25) is 0 Å². The van der Waals surface area contributed by atoms with Crippen molar-refractivity contribution in [3.8, 4) is 17.2 Å². The number of halogens is 2. The largest absolute Gasteiger partial charge is 0.502 e. The molecule has 0 saturated carbocycles. The molecule has 15 heteroatoms. The first-order valence-electron chi connectivity index (χ1n) is 12.5. The van der Waals surface area contributed by atoms with E-state index in [1.54, 1.807) is 11.0 Å². The lowest BCUT2D eigenvalue weighted by Crippen LogP contribution is -2.40. The summed E-state index contributed by atoms with van der Waals surface area (Å²) in [5.74, 6) is -1.08. The molecule has 0 unspecified atom stereocenters. The number of benzene rings is 1. The highest BCUT2D eigenvalue weighted by atomic mass is 79.9. The lowest BCUT2D eigenvalue weighted by Gasteiger charge is -2.28. The molecule has 0 bridgehead atoms. The maximum Gasteiger partial charge on any atom is 0.276 e. The highest BCUT2D eigenvalue weighted by Crippen LogP contribution is 2.42. The topological polar surface area (TPSA) is 134 Å². The van der Waals surface area contributed by atoms with Crippen LogP contribution in [0.5, 0.6) is 11.5 Å². The van der Waals surface area contributed by atoms with E-state index in [0.29, 0.717) is 45.1 Å². The highest BCUT2D eigenvalue weighted by molar-refractivity contribution is 9.10. The lowest BCUT2D eigenvalue weighted by atomic mass is 10.1. The summed E-state index contributed by atoms with van der Waals surface area (Å²) >= 11 is 3.18. The average molecular weight is 606 g/mol. The predicted octanol–water partition coefficient (Wildman–Crippen LogP) is 2.03. The van der Waals surface area contributed by atoms with Gasteiger partial charge in [0.25, 0.3) is 5.91 Å². The van der Waals surface area contributed by atoms with E-state index in [1.807, 2.05) is 7.05 Å². The van der Waals surface area contributed by atoms with E-state index in [9.17, 15) is 9.90 Å². The van der Waals surface area contributed by atoms with E-state index >= 15 is 4.39 Å². The first-order chi connectivity index (χ1) is 18.9. The van der Waals surface area contributed by atoms with E-state index < -0.39 is 5.82 Å². The van der Waals surface area contributed by atoms with Crippen molar-refractivity contribution in [3.05, 3.63) is 34.7 Å². The standard InChI is InChI=1S/C24H29BrFN9O4/c1-32-4-3-5-33(7-6-32)16-12-17(38-2)20(18(26)19(16)29-23-21(36)22(25)27-14-28-23)35-13-15(30-31-35)24(37)34-8-10-39-11-9-34/h12-14,36H,3-11H2,1-2H3,(H,27,28,29).